The average Bonchev–Trinajstić information content (AvgIpc) is 2.64. The van der Waals surface area contributed by atoms with Crippen molar-refractivity contribution in [2.45, 2.75) is 13.0 Å². The van der Waals surface area contributed by atoms with Crippen molar-refractivity contribution in [2.24, 2.45) is 0 Å². The number of ether oxygens (including phenoxy) is 2. The lowest BCUT2D eigenvalue weighted by Crippen LogP contribution is -2.51. The molecule has 0 fully saturated rings. The number of amides is 1. The molecular formula is C19H22N2O5S. The fraction of sp³-hybridized carbons (Fsp3) is 0.316. The Balaban J connectivity index is 1.60. The topological polar surface area (TPSA) is 84.9 Å². The minimum Gasteiger partial charge on any atom is -0.491 e. The molecule has 0 radical (unpaired) electrons. The second kappa shape index (κ2) is 7.87. The number of hydrogen-bond acceptors (Lipinski definition) is 5. The molecule has 1 atom stereocenters. The molecule has 0 saturated carbocycles. The maximum Gasteiger partial charge on any atom is 0.263 e. The maximum atomic E-state index is 12.4. The Kier molecular flexibility index (Phi) is 5.55. The Morgan fingerprint density at radius 3 is 2.67 bits per heavy atom. The largest absolute Gasteiger partial charge is 0.491 e. The van der Waals surface area contributed by atoms with Crippen molar-refractivity contribution in [3.8, 4) is 11.5 Å². The van der Waals surface area contributed by atoms with Gasteiger partial charge in [0.05, 0.1) is 25.0 Å². The fourth-order valence-electron chi connectivity index (χ4n) is 2.82. The van der Waals surface area contributed by atoms with Gasteiger partial charge < -0.3 is 14.8 Å². The molecule has 1 unspecified atom stereocenters. The van der Waals surface area contributed by atoms with Crippen molar-refractivity contribution in [3.05, 3.63) is 54.1 Å². The van der Waals surface area contributed by atoms with Crippen molar-refractivity contribution >= 4 is 21.6 Å². The van der Waals surface area contributed by atoms with Crippen molar-refractivity contribution in [2.75, 3.05) is 30.3 Å². The first-order valence-electron chi connectivity index (χ1n) is 8.56. The van der Waals surface area contributed by atoms with E-state index in [9.17, 15) is 13.2 Å². The lowest BCUT2D eigenvalue weighted by atomic mass is 10.2. The summed E-state index contributed by atoms with van der Waals surface area (Å²) in [7, 11) is -3.52. The maximum absolute atomic E-state index is 12.4. The van der Waals surface area contributed by atoms with Gasteiger partial charge in [-0.25, -0.2) is 8.42 Å². The van der Waals surface area contributed by atoms with Gasteiger partial charge in [0.25, 0.3) is 5.91 Å². The summed E-state index contributed by atoms with van der Waals surface area (Å²) >= 11 is 0. The summed E-state index contributed by atoms with van der Waals surface area (Å²) in [4.78, 5) is 12.4. The van der Waals surface area contributed by atoms with Crippen LogP contribution in [0.25, 0.3) is 0 Å². The number of rotatable bonds is 6. The molecule has 0 aromatic heterocycles. The molecule has 0 aliphatic carbocycles. The van der Waals surface area contributed by atoms with E-state index in [1.54, 1.807) is 24.3 Å². The third-order valence-corrected chi connectivity index (χ3v) is 5.33. The van der Waals surface area contributed by atoms with E-state index in [1.165, 1.54) is 4.31 Å². The van der Waals surface area contributed by atoms with Crippen LogP contribution in [0.3, 0.4) is 0 Å². The summed E-state index contributed by atoms with van der Waals surface area (Å²) in [6, 6.07) is 14.4. The minimum atomic E-state index is -3.52. The lowest BCUT2D eigenvalue weighted by Gasteiger charge is -2.33. The average molecular weight is 390 g/mol. The quantitative estimate of drug-likeness (QED) is 0.759. The standard InChI is InChI=1S/C19H22N2O5S/c1-14-7-3-5-9-16(14)25-12-11-20-19(22)18-13-21(27(2,23)24)15-8-4-6-10-17(15)26-18/h3-10,18H,11-13H2,1-2H3,(H,20,22). The predicted molar refractivity (Wildman–Crippen MR) is 103 cm³/mol. The first-order valence-corrected chi connectivity index (χ1v) is 10.4. The molecule has 1 aliphatic heterocycles. The summed E-state index contributed by atoms with van der Waals surface area (Å²) in [6.45, 7) is 2.46. The molecule has 1 heterocycles. The third kappa shape index (κ3) is 4.51. The van der Waals surface area contributed by atoms with Crippen molar-refractivity contribution in [1.82, 2.24) is 5.32 Å². The summed E-state index contributed by atoms with van der Waals surface area (Å²) in [6.07, 6.45) is 0.188. The van der Waals surface area contributed by atoms with E-state index >= 15 is 0 Å². The van der Waals surface area contributed by atoms with Gasteiger partial charge in [0.1, 0.15) is 18.1 Å². The highest BCUT2D eigenvalue weighted by Crippen LogP contribution is 2.34. The highest BCUT2D eigenvalue weighted by Gasteiger charge is 2.34. The smallest absolute Gasteiger partial charge is 0.263 e. The van der Waals surface area contributed by atoms with E-state index in [4.69, 9.17) is 9.47 Å². The van der Waals surface area contributed by atoms with E-state index in [2.05, 4.69) is 5.32 Å². The van der Waals surface area contributed by atoms with E-state index in [1.807, 2.05) is 31.2 Å². The Labute approximate surface area is 158 Å². The number of nitrogens with one attached hydrogen (secondary N) is 1. The van der Waals surface area contributed by atoms with Gasteiger partial charge >= 0.3 is 0 Å². The van der Waals surface area contributed by atoms with Crippen LogP contribution in [0.2, 0.25) is 0 Å². The summed E-state index contributed by atoms with van der Waals surface area (Å²) < 4.78 is 36.7. The number of fused-ring (bicyclic) bond motifs is 1. The number of carbonyl (C=O) groups excluding carboxylic acids is 1. The molecule has 0 bridgehead atoms. The Morgan fingerprint density at radius 1 is 1.22 bits per heavy atom. The fourth-order valence-corrected chi connectivity index (χ4v) is 3.73. The minimum absolute atomic E-state index is 0.0691. The Hall–Kier alpha value is -2.74. The molecule has 1 amide bonds. The zero-order valence-electron chi connectivity index (χ0n) is 15.2. The van der Waals surface area contributed by atoms with Gasteiger partial charge in [-0.2, -0.15) is 0 Å². The predicted octanol–water partition coefficient (Wildman–Crippen LogP) is 1.72. The molecule has 2 aromatic rings. The van der Waals surface area contributed by atoms with Crippen LogP contribution in [-0.2, 0) is 14.8 Å². The molecule has 27 heavy (non-hydrogen) atoms. The van der Waals surface area contributed by atoms with Crippen LogP contribution in [0.5, 0.6) is 11.5 Å². The van der Waals surface area contributed by atoms with E-state index < -0.39 is 16.1 Å². The van der Waals surface area contributed by atoms with E-state index in [-0.39, 0.29) is 19.0 Å². The number of sulfonamides is 1. The Morgan fingerprint density at radius 2 is 1.93 bits per heavy atom. The first-order chi connectivity index (χ1) is 12.9. The zero-order valence-corrected chi connectivity index (χ0v) is 16.0. The van der Waals surface area contributed by atoms with Gasteiger partial charge in [-0.1, -0.05) is 30.3 Å². The van der Waals surface area contributed by atoms with Crippen LogP contribution in [0.1, 0.15) is 5.56 Å². The molecule has 1 aliphatic rings. The monoisotopic (exact) mass is 390 g/mol. The summed E-state index contributed by atoms with van der Waals surface area (Å²) in [5, 5.41) is 2.73. The summed E-state index contributed by atoms with van der Waals surface area (Å²) in [5.41, 5.74) is 1.45. The van der Waals surface area contributed by atoms with E-state index in [0.717, 1.165) is 17.6 Å². The van der Waals surface area contributed by atoms with Gasteiger partial charge in [0, 0.05) is 0 Å². The van der Waals surface area contributed by atoms with E-state index in [0.29, 0.717) is 18.0 Å². The highest BCUT2D eigenvalue weighted by atomic mass is 32.2. The van der Waals surface area contributed by atoms with Crippen LogP contribution >= 0.6 is 0 Å². The molecule has 7 nitrogen and oxygen atoms in total. The molecule has 8 heteroatoms. The van der Waals surface area contributed by atoms with Gasteiger partial charge in [-0.3, -0.25) is 9.10 Å². The molecule has 1 N–H and O–H groups in total. The van der Waals surface area contributed by atoms with Crippen molar-refractivity contribution in [1.29, 1.82) is 0 Å². The number of nitrogens with zero attached hydrogens (tertiary/aromatic N) is 1. The molecule has 0 spiro atoms. The third-order valence-electron chi connectivity index (χ3n) is 4.18. The number of para-hydroxylation sites is 3. The number of carbonyl (C=O) groups is 1. The molecule has 144 valence electrons. The van der Waals surface area contributed by atoms with Crippen molar-refractivity contribution < 1.29 is 22.7 Å². The number of hydrogen-bond donors (Lipinski definition) is 1. The molecule has 2 aromatic carbocycles. The van der Waals surface area contributed by atoms with Crippen LogP contribution in [-0.4, -0.2) is 46.4 Å². The van der Waals surface area contributed by atoms with Crippen LogP contribution in [0.4, 0.5) is 5.69 Å². The summed E-state index contributed by atoms with van der Waals surface area (Å²) in [5.74, 6) is 0.745. The Bertz CT molecular complexity index is 929. The van der Waals surface area contributed by atoms with Gasteiger partial charge in [0.2, 0.25) is 10.0 Å². The van der Waals surface area contributed by atoms with Gasteiger partial charge in [-0.05, 0) is 30.7 Å². The van der Waals surface area contributed by atoms with Crippen LogP contribution in [0.15, 0.2) is 48.5 Å². The SMILES string of the molecule is Cc1ccccc1OCCNC(=O)C1CN(S(C)(=O)=O)c2ccccc2O1. The lowest BCUT2D eigenvalue weighted by molar-refractivity contribution is -0.127. The molecular weight excluding hydrogens is 368 g/mol. The van der Waals surface area contributed by atoms with Crippen LogP contribution < -0.4 is 19.1 Å². The normalized spacial score (nSPS) is 16.2. The molecule has 3 rings (SSSR count). The van der Waals surface area contributed by atoms with Gasteiger partial charge in [-0.15, -0.1) is 0 Å². The first kappa shape index (κ1) is 19.0. The highest BCUT2D eigenvalue weighted by molar-refractivity contribution is 7.92. The number of benzene rings is 2. The second-order valence-electron chi connectivity index (χ2n) is 6.27. The zero-order chi connectivity index (χ0) is 19.4. The number of aryl methyl sites for hydroxylation is 1. The van der Waals surface area contributed by atoms with Crippen molar-refractivity contribution in [3.63, 3.8) is 0 Å². The molecule has 0 saturated heterocycles. The number of anilines is 1. The van der Waals surface area contributed by atoms with Gasteiger partial charge in [0.15, 0.2) is 6.10 Å². The van der Waals surface area contributed by atoms with Crippen LogP contribution in [0, 0.1) is 6.92 Å². The second-order valence-corrected chi connectivity index (χ2v) is 8.18.